The van der Waals surface area contributed by atoms with Crippen LogP contribution in [0.5, 0.6) is 11.5 Å². The van der Waals surface area contributed by atoms with Crippen molar-refractivity contribution in [3.05, 3.63) is 82.7 Å². The molecule has 4 nitrogen and oxygen atoms in total. The maximum Gasteiger partial charge on any atom is 0.303 e. The first kappa shape index (κ1) is 22.8. The quantitative estimate of drug-likeness (QED) is 0.412. The van der Waals surface area contributed by atoms with Gasteiger partial charge in [0, 0.05) is 5.56 Å². The Morgan fingerprint density at radius 3 is 2.55 bits per heavy atom. The van der Waals surface area contributed by atoms with Crippen LogP contribution in [0.2, 0.25) is 0 Å². The van der Waals surface area contributed by atoms with E-state index in [0.717, 1.165) is 46.4 Å². The van der Waals surface area contributed by atoms with Crippen molar-refractivity contribution >= 4 is 5.97 Å². The van der Waals surface area contributed by atoms with Gasteiger partial charge in [-0.05, 0) is 82.8 Å². The number of hydrogen-bond donors (Lipinski definition) is 1. The summed E-state index contributed by atoms with van der Waals surface area (Å²) in [5.41, 5.74) is 5.76. The summed E-state index contributed by atoms with van der Waals surface area (Å²) in [7, 11) is 1.58. The van der Waals surface area contributed by atoms with Crippen molar-refractivity contribution in [2.75, 3.05) is 7.11 Å². The van der Waals surface area contributed by atoms with Crippen molar-refractivity contribution in [2.24, 2.45) is 5.92 Å². The summed E-state index contributed by atoms with van der Waals surface area (Å²) in [6.45, 7) is 4.70. The van der Waals surface area contributed by atoms with E-state index in [9.17, 15) is 9.18 Å². The first-order chi connectivity index (χ1) is 15.8. The van der Waals surface area contributed by atoms with E-state index in [0.29, 0.717) is 23.8 Å². The molecule has 5 heteroatoms. The third kappa shape index (κ3) is 5.19. The van der Waals surface area contributed by atoms with Crippen LogP contribution in [0, 0.1) is 11.7 Å². The highest BCUT2D eigenvalue weighted by Gasteiger charge is 2.28. The van der Waals surface area contributed by atoms with Gasteiger partial charge in [-0.15, -0.1) is 0 Å². The number of ether oxygens (including phenoxy) is 2. The lowest BCUT2D eigenvalue weighted by atomic mass is 9.76. The maximum atomic E-state index is 14.6. The summed E-state index contributed by atoms with van der Waals surface area (Å²) in [5.74, 6) is 0.889. The van der Waals surface area contributed by atoms with Gasteiger partial charge >= 0.3 is 5.97 Å². The third-order valence-corrected chi connectivity index (χ3v) is 6.11. The van der Waals surface area contributed by atoms with E-state index in [-0.39, 0.29) is 18.2 Å². The van der Waals surface area contributed by atoms with Gasteiger partial charge in [-0.1, -0.05) is 38.1 Å². The van der Waals surface area contributed by atoms with Gasteiger partial charge < -0.3 is 14.6 Å². The first-order valence-electron chi connectivity index (χ1n) is 11.3. The van der Waals surface area contributed by atoms with Gasteiger partial charge in [0.1, 0.15) is 23.9 Å². The molecule has 3 aromatic carbocycles. The highest BCUT2D eigenvalue weighted by molar-refractivity contribution is 5.70. The molecule has 0 saturated carbocycles. The van der Waals surface area contributed by atoms with Crippen molar-refractivity contribution in [1.82, 2.24) is 0 Å². The molecule has 4 rings (SSSR count). The molecule has 1 atom stereocenters. The van der Waals surface area contributed by atoms with Crippen LogP contribution in [0.15, 0.2) is 54.6 Å². The SMILES string of the molecule is COc1ccc(F)c(-c2ccc(COc3ccc4c(c3)C[C@@H]4CC(=O)O)cc2CC(C)C)c1. The average Bonchev–Trinajstić information content (AvgIpc) is 2.76. The predicted molar refractivity (Wildman–Crippen MR) is 126 cm³/mol. The van der Waals surface area contributed by atoms with Gasteiger partial charge in [0.15, 0.2) is 0 Å². The van der Waals surface area contributed by atoms with Gasteiger partial charge in [-0.3, -0.25) is 4.79 Å². The van der Waals surface area contributed by atoms with Crippen LogP contribution in [-0.2, 0) is 24.2 Å². The summed E-state index contributed by atoms with van der Waals surface area (Å²) >= 11 is 0. The number of hydrogen-bond acceptors (Lipinski definition) is 3. The molecular weight excluding hydrogens is 419 g/mol. The summed E-state index contributed by atoms with van der Waals surface area (Å²) in [6, 6.07) is 16.7. The molecule has 0 radical (unpaired) electrons. The van der Waals surface area contributed by atoms with E-state index in [4.69, 9.17) is 14.6 Å². The van der Waals surface area contributed by atoms with E-state index in [1.165, 1.54) is 6.07 Å². The molecule has 0 heterocycles. The monoisotopic (exact) mass is 448 g/mol. The summed E-state index contributed by atoms with van der Waals surface area (Å²) < 4.78 is 26.0. The highest BCUT2D eigenvalue weighted by Crippen LogP contribution is 2.39. The lowest BCUT2D eigenvalue weighted by Gasteiger charge is -2.29. The molecule has 0 saturated heterocycles. The molecular formula is C28H29FO4. The number of aliphatic carboxylic acids is 1. The van der Waals surface area contributed by atoms with Crippen molar-refractivity contribution in [3.63, 3.8) is 0 Å². The first-order valence-corrected chi connectivity index (χ1v) is 11.3. The second-order valence-electron chi connectivity index (χ2n) is 9.08. The maximum absolute atomic E-state index is 14.6. The molecule has 0 fully saturated rings. The van der Waals surface area contributed by atoms with E-state index in [1.807, 2.05) is 30.3 Å². The number of fused-ring (bicyclic) bond motifs is 1. The molecule has 172 valence electrons. The topological polar surface area (TPSA) is 55.8 Å². The zero-order valence-corrected chi connectivity index (χ0v) is 19.2. The summed E-state index contributed by atoms with van der Waals surface area (Å²) in [4.78, 5) is 10.9. The van der Waals surface area contributed by atoms with Crippen molar-refractivity contribution in [2.45, 2.75) is 45.6 Å². The highest BCUT2D eigenvalue weighted by atomic mass is 19.1. The summed E-state index contributed by atoms with van der Waals surface area (Å²) in [6.07, 6.45) is 1.77. The van der Waals surface area contributed by atoms with E-state index in [2.05, 4.69) is 19.9 Å². The molecule has 0 amide bonds. The molecule has 1 N–H and O–H groups in total. The lowest BCUT2D eigenvalue weighted by molar-refractivity contribution is -0.137. The van der Waals surface area contributed by atoms with Crippen molar-refractivity contribution < 1.29 is 23.8 Å². The van der Waals surface area contributed by atoms with Gasteiger partial charge in [-0.25, -0.2) is 4.39 Å². The molecule has 0 bridgehead atoms. The molecule has 33 heavy (non-hydrogen) atoms. The van der Waals surface area contributed by atoms with Crippen molar-refractivity contribution in [3.8, 4) is 22.6 Å². The smallest absolute Gasteiger partial charge is 0.303 e. The van der Waals surface area contributed by atoms with E-state index >= 15 is 0 Å². The fourth-order valence-corrected chi connectivity index (χ4v) is 4.50. The van der Waals surface area contributed by atoms with Crippen LogP contribution in [-0.4, -0.2) is 18.2 Å². The molecule has 1 aliphatic rings. The number of rotatable bonds is 9. The Morgan fingerprint density at radius 1 is 1.06 bits per heavy atom. The summed E-state index contributed by atoms with van der Waals surface area (Å²) in [5, 5.41) is 9.00. The standard InChI is InChI=1S/C28H29FO4/c1-17(2)10-19-11-18(4-7-25(19)26-15-22(32-3)6-9-27(26)29)16-33-23-5-8-24-20(13-23)12-21(24)14-28(30)31/h4-9,11,13,15,17,21H,10,12,14,16H2,1-3H3,(H,30,31)/t21-/m1/s1. The Labute approximate surface area is 194 Å². The Balaban J connectivity index is 1.52. The van der Waals surface area contributed by atoms with Gasteiger partial charge in [0.25, 0.3) is 0 Å². The number of carboxylic acid groups (broad SMARTS) is 1. The molecule has 0 aromatic heterocycles. The number of benzene rings is 3. The van der Waals surface area contributed by atoms with Crippen molar-refractivity contribution in [1.29, 1.82) is 0 Å². The second-order valence-corrected chi connectivity index (χ2v) is 9.08. The fourth-order valence-electron chi connectivity index (χ4n) is 4.50. The fraction of sp³-hybridized carbons (Fsp3) is 0.321. The predicted octanol–water partition coefficient (Wildman–Crippen LogP) is 6.39. The van der Waals surface area contributed by atoms with Crippen LogP contribution in [0.4, 0.5) is 4.39 Å². The molecule has 0 spiro atoms. The Morgan fingerprint density at radius 2 is 1.85 bits per heavy atom. The lowest BCUT2D eigenvalue weighted by Crippen LogP contribution is -2.20. The van der Waals surface area contributed by atoms with E-state index < -0.39 is 5.97 Å². The van der Waals surface area contributed by atoms with Crippen LogP contribution in [0.1, 0.15) is 48.4 Å². The van der Waals surface area contributed by atoms with Gasteiger partial charge in [0.2, 0.25) is 0 Å². The van der Waals surface area contributed by atoms with Gasteiger partial charge in [0.05, 0.1) is 13.5 Å². The van der Waals surface area contributed by atoms with Crippen LogP contribution in [0.25, 0.3) is 11.1 Å². The zero-order chi connectivity index (χ0) is 23.5. The Hall–Kier alpha value is -3.34. The number of methoxy groups -OCH3 is 1. The molecule has 0 unspecified atom stereocenters. The normalized spacial score (nSPS) is 14.5. The Kier molecular flexibility index (Phi) is 6.68. The number of halogens is 1. The largest absolute Gasteiger partial charge is 0.497 e. The minimum atomic E-state index is -0.763. The Bertz CT molecular complexity index is 1170. The van der Waals surface area contributed by atoms with Crippen LogP contribution >= 0.6 is 0 Å². The molecule has 0 aliphatic heterocycles. The number of carbonyl (C=O) groups is 1. The minimum absolute atomic E-state index is 0.106. The average molecular weight is 449 g/mol. The molecule has 1 aliphatic carbocycles. The van der Waals surface area contributed by atoms with Crippen LogP contribution < -0.4 is 9.47 Å². The van der Waals surface area contributed by atoms with Gasteiger partial charge in [-0.2, -0.15) is 0 Å². The minimum Gasteiger partial charge on any atom is -0.497 e. The third-order valence-electron chi connectivity index (χ3n) is 6.11. The molecule has 3 aromatic rings. The van der Waals surface area contributed by atoms with Crippen LogP contribution in [0.3, 0.4) is 0 Å². The second kappa shape index (κ2) is 9.65. The van der Waals surface area contributed by atoms with E-state index in [1.54, 1.807) is 19.2 Å². The zero-order valence-electron chi connectivity index (χ0n) is 19.2. The number of carboxylic acids is 1.